The molecule has 0 radical (unpaired) electrons. The van der Waals surface area contributed by atoms with E-state index < -0.39 is 5.97 Å². The lowest BCUT2D eigenvalue weighted by molar-refractivity contribution is 0.0563. The number of furan rings is 1. The number of rotatable bonds is 5. The maximum Gasteiger partial charge on any atom is 0.373 e. The Labute approximate surface area is 179 Å². The van der Waals surface area contributed by atoms with Crippen LogP contribution in [0.2, 0.25) is 0 Å². The zero-order chi connectivity index (χ0) is 21.2. The van der Waals surface area contributed by atoms with E-state index in [1.807, 2.05) is 36.5 Å². The second kappa shape index (κ2) is 7.95. The van der Waals surface area contributed by atoms with Gasteiger partial charge in [-0.3, -0.25) is 4.99 Å². The molecule has 0 aliphatic heterocycles. The molecular weight excluding hydrogens is 388 g/mol. The second-order valence-corrected chi connectivity index (χ2v) is 7.28. The van der Waals surface area contributed by atoms with Crippen LogP contribution in [0.25, 0.3) is 21.7 Å². The van der Waals surface area contributed by atoms with E-state index in [2.05, 4.69) is 47.2 Å². The summed E-state index contributed by atoms with van der Waals surface area (Å²) in [5, 5.41) is 3.47. The van der Waals surface area contributed by atoms with Gasteiger partial charge in [0, 0.05) is 28.9 Å². The molecule has 3 aromatic carbocycles. The van der Waals surface area contributed by atoms with Crippen molar-refractivity contribution in [2.24, 2.45) is 4.99 Å². The van der Waals surface area contributed by atoms with Crippen molar-refractivity contribution in [1.29, 1.82) is 0 Å². The number of aliphatic imine (C=N–C) groups is 1. The molecular formula is C26H20N2O3. The number of nitrogens with zero attached hydrogens (tertiary/aromatic N) is 2. The van der Waals surface area contributed by atoms with E-state index in [9.17, 15) is 4.79 Å². The Bertz CT molecular complexity index is 1430. The van der Waals surface area contributed by atoms with Crippen LogP contribution in [0.15, 0.2) is 94.5 Å². The van der Waals surface area contributed by atoms with Gasteiger partial charge in [-0.15, -0.1) is 0 Å². The monoisotopic (exact) mass is 408 g/mol. The van der Waals surface area contributed by atoms with Crippen molar-refractivity contribution in [2.75, 3.05) is 7.11 Å². The molecule has 0 spiro atoms. The van der Waals surface area contributed by atoms with Crippen LogP contribution in [0.1, 0.15) is 21.9 Å². The minimum atomic E-state index is -0.480. The molecule has 0 aliphatic carbocycles. The van der Waals surface area contributed by atoms with Gasteiger partial charge in [-0.2, -0.15) is 0 Å². The van der Waals surface area contributed by atoms with Gasteiger partial charge in [-0.05, 0) is 41.1 Å². The number of fused-ring (bicyclic) bond motifs is 2. The van der Waals surface area contributed by atoms with Crippen LogP contribution >= 0.6 is 0 Å². The van der Waals surface area contributed by atoms with Crippen molar-refractivity contribution in [2.45, 2.75) is 6.54 Å². The second-order valence-electron chi connectivity index (χ2n) is 7.28. The molecule has 31 heavy (non-hydrogen) atoms. The number of aromatic nitrogens is 1. The first-order valence-corrected chi connectivity index (χ1v) is 9.99. The summed E-state index contributed by atoms with van der Waals surface area (Å²) in [6, 6.07) is 26.0. The minimum absolute atomic E-state index is 0.201. The first-order chi connectivity index (χ1) is 15.2. The number of hydrogen-bond acceptors (Lipinski definition) is 4. The summed E-state index contributed by atoms with van der Waals surface area (Å²) >= 11 is 0. The molecule has 0 bridgehead atoms. The molecule has 0 N–H and O–H groups in total. The summed E-state index contributed by atoms with van der Waals surface area (Å²) in [6.45, 7) is 0.501. The number of esters is 1. The van der Waals surface area contributed by atoms with Crippen LogP contribution in [-0.2, 0) is 11.3 Å². The Kier molecular flexibility index (Phi) is 4.84. The molecule has 0 saturated carbocycles. The topological polar surface area (TPSA) is 56.7 Å². The molecule has 5 rings (SSSR count). The molecule has 0 unspecified atom stereocenters. The Morgan fingerprint density at radius 2 is 1.81 bits per heavy atom. The van der Waals surface area contributed by atoms with Crippen LogP contribution < -0.4 is 0 Å². The number of carbonyl (C=O) groups is 1. The van der Waals surface area contributed by atoms with Gasteiger partial charge in [0.25, 0.3) is 0 Å². The standard InChI is InChI=1S/C26H20N2O3/c1-30-26(29)25-13-12-22(31-25)17-28-16-20(23-8-4-5-9-24(23)28)15-27-21-11-10-18-6-2-3-7-19(18)14-21/h2-16H,17H2,1H3. The average molecular weight is 408 g/mol. The van der Waals surface area contributed by atoms with E-state index in [4.69, 9.17) is 14.1 Å². The zero-order valence-electron chi connectivity index (χ0n) is 17.0. The van der Waals surface area contributed by atoms with Crippen molar-refractivity contribution in [3.05, 3.63) is 102 Å². The fraction of sp³-hybridized carbons (Fsp3) is 0.0769. The smallest absolute Gasteiger partial charge is 0.373 e. The van der Waals surface area contributed by atoms with E-state index in [1.54, 1.807) is 12.1 Å². The first kappa shape index (κ1) is 18.9. The predicted molar refractivity (Wildman–Crippen MR) is 122 cm³/mol. The molecule has 152 valence electrons. The summed E-state index contributed by atoms with van der Waals surface area (Å²) in [5.74, 6) is 0.401. The van der Waals surface area contributed by atoms with Gasteiger partial charge in [0.05, 0.1) is 19.3 Å². The number of benzene rings is 3. The fourth-order valence-electron chi connectivity index (χ4n) is 3.75. The number of methoxy groups -OCH3 is 1. The molecule has 0 amide bonds. The first-order valence-electron chi connectivity index (χ1n) is 9.99. The van der Waals surface area contributed by atoms with E-state index in [0.717, 1.165) is 22.2 Å². The summed E-state index contributed by atoms with van der Waals surface area (Å²) in [5.41, 5.74) is 2.99. The summed E-state index contributed by atoms with van der Waals surface area (Å²) in [7, 11) is 1.34. The van der Waals surface area contributed by atoms with Crippen LogP contribution in [-0.4, -0.2) is 23.9 Å². The van der Waals surface area contributed by atoms with Gasteiger partial charge < -0.3 is 13.7 Å². The van der Waals surface area contributed by atoms with Gasteiger partial charge in [0.15, 0.2) is 0 Å². The summed E-state index contributed by atoms with van der Waals surface area (Å²) in [6.07, 6.45) is 3.94. The molecule has 5 heteroatoms. The fourth-order valence-corrected chi connectivity index (χ4v) is 3.75. The lowest BCUT2D eigenvalue weighted by atomic mass is 10.1. The molecule has 5 nitrogen and oxygen atoms in total. The number of hydrogen-bond donors (Lipinski definition) is 0. The van der Waals surface area contributed by atoms with Gasteiger partial charge in [-0.1, -0.05) is 48.5 Å². The normalized spacial score (nSPS) is 11.5. The lowest BCUT2D eigenvalue weighted by Gasteiger charge is -2.02. The van der Waals surface area contributed by atoms with Crippen LogP contribution in [0.5, 0.6) is 0 Å². The maximum absolute atomic E-state index is 11.7. The van der Waals surface area contributed by atoms with Crippen molar-refractivity contribution in [3.8, 4) is 0 Å². The molecule has 2 aromatic heterocycles. The third-order valence-corrected chi connectivity index (χ3v) is 5.28. The molecule has 0 fully saturated rings. The number of para-hydroxylation sites is 1. The highest BCUT2D eigenvalue weighted by Gasteiger charge is 2.13. The molecule has 0 atom stereocenters. The minimum Gasteiger partial charge on any atom is -0.463 e. The number of carbonyl (C=O) groups excluding carboxylic acids is 1. The summed E-state index contributed by atoms with van der Waals surface area (Å²) < 4.78 is 12.5. The van der Waals surface area contributed by atoms with Gasteiger partial charge >= 0.3 is 5.97 Å². The van der Waals surface area contributed by atoms with E-state index >= 15 is 0 Å². The zero-order valence-corrected chi connectivity index (χ0v) is 17.0. The molecule has 2 heterocycles. The Hall–Kier alpha value is -4.12. The Balaban J connectivity index is 1.47. The van der Waals surface area contributed by atoms with Crippen LogP contribution in [0.3, 0.4) is 0 Å². The van der Waals surface area contributed by atoms with Gasteiger partial charge in [0.2, 0.25) is 5.76 Å². The van der Waals surface area contributed by atoms with Crippen molar-refractivity contribution < 1.29 is 13.9 Å². The number of ether oxygens (including phenoxy) is 1. The van der Waals surface area contributed by atoms with Crippen molar-refractivity contribution >= 4 is 39.5 Å². The van der Waals surface area contributed by atoms with Crippen LogP contribution in [0.4, 0.5) is 5.69 Å². The van der Waals surface area contributed by atoms with Crippen LogP contribution in [0, 0.1) is 0 Å². The highest BCUT2D eigenvalue weighted by molar-refractivity contribution is 6.00. The van der Waals surface area contributed by atoms with E-state index in [-0.39, 0.29) is 5.76 Å². The van der Waals surface area contributed by atoms with Gasteiger partial charge in [0.1, 0.15) is 5.76 Å². The molecule has 0 aliphatic rings. The molecule has 5 aromatic rings. The third-order valence-electron chi connectivity index (χ3n) is 5.28. The third kappa shape index (κ3) is 3.73. The maximum atomic E-state index is 11.7. The van der Waals surface area contributed by atoms with Gasteiger partial charge in [-0.25, -0.2) is 4.79 Å². The SMILES string of the molecule is COC(=O)c1ccc(Cn2cc(C=Nc3ccc4ccccc4c3)c3ccccc32)o1. The molecule has 0 saturated heterocycles. The quantitative estimate of drug-likeness (QED) is 0.266. The van der Waals surface area contributed by atoms with E-state index in [0.29, 0.717) is 12.3 Å². The average Bonchev–Trinajstić information content (AvgIpc) is 3.42. The Morgan fingerprint density at radius 1 is 1.00 bits per heavy atom. The lowest BCUT2D eigenvalue weighted by Crippen LogP contribution is -1.99. The Morgan fingerprint density at radius 3 is 2.68 bits per heavy atom. The highest BCUT2D eigenvalue weighted by Crippen LogP contribution is 2.24. The predicted octanol–water partition coefficient (Wildman–Crippen LogP) is 5.97. The summed E-state index contributed by atoms with van der Waals surface area (Å²) in [4.78, 5) is 16.4. The van der Waals surface area contributed by atoms with Crippen molar-refractivity contribution in [3.63, 3.8) is 0 Å². The van der Waals surface area contributed by atoms with E-state index in [1.165, 1.54) is 17.9 Å². The largest absolute Gasteiger partial charge is 0.463 e. The van der Waals surface area contributed by atoms with Crippen molar-refractivity contribution in [1.82, 2.24) is 4.57 Å². The highest BCUT2D eigenvalue weighted by atomic mass is 16.5.